The van der Waals surface area contributed by atoms with Crippen LogP contribution in [-0.2, 0) is 42.8 Å². The number of ether oxygens (including phenoxy) is 6. The van der Waals surface area contributed by atoms with Gasteiger partial charge in [-0.05, 0) is 20.8 Å². The molecule has 308 valence electrons. The second-order valence-corrected chi connectivity index (χ2v) is 13.2. The molecule has 0 saturated carbocycles. The maximum absolute atomic E-state index is 12.7. The van der Waals surface area contributed by atoms with Crippen LogP contribution in [0.2, 0.25) is 0 Å². The van der Waals surface area contributed by atoms with Gasteiger partial charge in [0.1, 0.15) is 54.9 Å². The molecule has 22 heteroatoms. The lowest BCUT2D eigenvalue weighted by atomic mass is 9.93. The molecule has 0 aliphatic carbocycles. The van der Waals surface area contributed by atoms with Gasteiger partial charge >= 0.3 is 0 Å². The summed E-state index contributed by atoms with van der Waals surface area (Å²) >= 11 is 0. The minimum atomic E-state index is -1.86. The summed E-state index contributed by atoms with van der Waals surface area (Å²) in [5.41, 5.74) is 0. The molecule has 3 heterocycles. The van der Waals surface area contributed by atoms with Crippen LogP contribution in [0.4, 0.5) is 0 Å². The van der Waals surface area contributed by atoms with Crippen LogP contribution in [0.5, 0.6) is 0 Å². The standard InChI is InChI=1S/C31H55N3O19/c1-11-17(32-26(44)14(38)5-8-35)20(41)23(29(47)49-11)52-31-25(22(43)19(13(3)51-31)34-28(46)16(40)7-10-37)53-30-24(48-4)21(42)18(12(2)50-30)33-27(45)15(39)6-9-36/h11-25,29-31,35-43,47H,5-10H2,1-4H3,(H,32,44)(H,33,45)(H,34,46)/t11-,12-,13-,14+,15+,16+,17-,18-,19-,20+,21+,22+,23+,24+,25+,29+,30-,31-/m1/s1. The first-order valence-electron chi connectivity index (χ1n) is 17.3. The molecule has 22 nitrogen and oxygen atoms in total. The zero-order chi connectivity index (χ0) is 39.7. The van der Waals surface area contributed by atoms with E-state index < -0.39 is 148 Å². The Balaban J connectivity index is 1.91. The molecule has 0 unspecified atom stereocenters. The average molecular weight is 774 g/mol. The van der Waals surface area contributed by atoms with E-state index in [2.05, 4.69) is 16.0 Å². The smallest absolute Gasteiger partial charge is 0.249 e. The van der Waals surface area contributed by atoms with Crippen molar-refractivity contribution in [3.05, 3.63) is 0 Å². The Kier molecular flexibility index (Phi) is 17.6. The summed E-state index contributed by atoms with van der Waals surface area (Å²) in [4.78, 5) is 37.7. The number of nitrogens with one attached hydrogen (secondary N) is 3. The lowest BCUT2D eigenvalue weighted by Gasteiger charge is -2.49. The average Bonchev–Trinajstić information content (AvgIpc) is 3.10. The van der Waals surface area contributed by atoms with E-state index in [-0.39, 0.29) is 19.3 Å². The number of carbonyl (C=O) groups excluding carboxylic acids is 3. The molecule has 0 aromatic rings. The normalized spacial score (nSPS) is 39.4. The van der Waals surface area contributed by atoms with Crippen LogP contribution in [-0.4, -0.2) is 206 Å². The summed E-state index contributed by atoms with van der Waals surface area (Å²) in [6.07, 6.45) is -24.1. The van der Waals surface area contributed by atoms with Gasteiger partial charge in [-0.15, -0.1) is 0 Å². The minimum absolute atomic E-state index is 0.273. The summed E-state index contributed by atoms with van der Waals surface area (Å²) in [5.74, 6) is -2.85. The monoisotopic (exact) mass is 773 g/mol. The highest BCUT2D eigenvalue weighted by Crippen LogP contribution is 2.33. The number of rotatable bonds is 17. The number of carbonyl (C=O) groups is 3. The predicted molar refractivity (Wildman–Crippen MR) is 173 cm³/mol. The molecule has 3 aliphatic heterocycles. The van der Waals surface area contributed by atoms with Crippen molar-refractivity contribution in [2.75, 3.05) is 26.9 Å². The van der Waals surface area contributed by atoms with Crippen LogP contribution in [0.3, 0.4) is 0 Å². The highest BCUT2D eigenvalue weighted by Gasteiger charge is 2.54. The predicted octanol–water partition coefficient (Wildman–Crippen LogP) is -7.23. The Morgan fingerprint density at radius 1 is 0.566 bits per heavy atom. The van der Waals surface area contributed by atoms with Gasteiger partial charge in [-0.2, -0.15) is 0 Å². The van der Waals surface area contributed by atoms with Gasteiger partial charge in [0.2, 0.25) is 17.7 Å². The fourth-order valence-corrected chi connectivity index (χ4v) is 6.29. The van der Waals surface area contributed by atoms with Gasteiger partial charge in [-0.25, -0.2) is 0 Å². The first kappa shape index (κ1) is 45.2. The van der Waals surface area contributed by atoms with E-state index in [0.717, 1.165) is 0 Å². The van der Waals surface area contributed by atoms with Crippen molar-refractivity contribution < 1.29 is 93.9 Å². The molecule has 3 fully saturated rings. The lowest BCUT2D eigenvalue weighted by molar-refractivity contribution is -0.372. The van der Waals surface area contributed by atoms with Crippen LogP contribution in [0.1, 0.15) is 40.0 Å². The highest BCUT2D eigenvalue weighted by atomic mass is 16.8. The molecule has 0 bridgehead atoms. The van der Waals surface area contributed by atoms with Crippen LogP contribution in [0.15, 0.2) is 0 Å². The fourth-order valence-electron chi connectivity index (χ4n) is 6.29. The molecule has 13 N–H and O–H groups in total. The van der Waals surface area contributed by atoms with Gasteiger partial charge in [0.25, 0.3) is 0 Å². The molecule has 3 aliphatic rings. The number of hydrogen-bond donors (Lipinski definition) is 13. The number of methoxy groups -OCH3 is 1. The molecular formula is C31H55N3O19. The SMILES string of the molecule is CO[C@@H]1[C@@H](O[C@@H]2[C@@H](O[C@H]3[C@@H](O)[C@H](NC(=O)[C@@H](O)CCO)[C@@H](C)O[C@@H]3O)O[C@H](C)[C@@H](NC(=O)[C@@H](O)CCO)[C@@H]2O)O[C@H](C)[C@@H](NC(=O)[C@@H](O)CCO)[C@@H]1O. The Hall–Kier alpha value is -2.23. The highest BCUT2D eigenvalue weighted by molar-refractivity contribution is 5.81. The fraction of sp³-hybridized carbons (Fsp3) is 0.903. The van der Waals surface area contributed by atoms with Crippen molar-refractivity contribution in [2.45, 2.75) is 150 Å². The Bertz CT molecular complexity index is 1170. The summed E-state index contributed by atoms with van der Waals surface area (Å²) < 4.78 is 34.9. The molecule has 0 spiro atoms. The molecular weight excluding hydrogens is 718 g/mol. The second-order valence-electron chi connectivity index (χ2n) is 13.2. The number of aliphatic hydroxyl groups excluding tert-OH is 10. The zero-order valence-corrected chi connectivity index (χ0v) is 29.8. The molecule has 53 heavy (non-hydrogen) atoms. The van der Waals surface area contributed by atoms with E-state index >= 15 is 0 Å². The van der Waals surface area contributed by atoms with Crippen molar-refractivity contribution in [3.8, 4) is 0 Å². The third-order valence-corrected chi connectivity index (χ3v) is 9.40. The van der Waals surface area contributed by atoms with Crippen LogP contribution in [0.25, 0.3) is 0 Å². The number of hydrogen-bond acceptors (Lipinski definition) is 19. The number of aliphatic hydroxyl groups is 10. The molecule has 0 radical (unpaired) electrons. The maximum atomic E-state index is 12.7. The maximum Gasteiger partial charge on any atom is 0.249 e. The van der Waals surface area contributed by atoms with Gasteiger partial charge in [0.05, 0.1) is 36.4 Å². The van der Waals surface area contributed by atoms with Crippen molar-refractivity contribution in [2.24, 2.45) is 0 Å². The van der Waals surface area contributed by atoms with E-state index in [9.17, 15) is 50.1 Å². The summed E-state index contributed by atoms with van der Waals surface area (Å²) in [7, 11) is 1.18. The first-order chi connectivity index (χ1) is 25.0. The van der Waals surface area contributed by atoms with E-state index in [1.165, 1.54) is 27.9 Å². The van der Waals surface area contributed by atoms with Crippen molar-refractivity contribution >= 4 is 17.7 Å². The Morgan fingerprint density at radius 2 is 0.887 bits per heavy atom. The third kappa shape index (κ3) is 11.2. The van der Waals surface area contributed by atoms with Crippen LogP contribution < -0.4 is 16.0 Å². The van der Waals surface area contributed by atoms with E-state index in [1.54, 1.807) is 0 Å². The summed E-state index contributed by atoms with van der Waals surface area (Å²) in [6.45, 7) is 2.77. The number of amides is 3. The van der Waals surface area contributed by atoms with Crippen molar-refractivity contribution in [1.29, 1.82) is 0 Å². The van der Waals surface area contributed by atoms with Crippen molar-refractivity contribution in [1.82, 2.24) is 16.0 Å². The largest absolute Gasteiger partial charge is 0.396 e. The molecule has 3 rings (SSSR count). The van der Waals surface area contributed by atoms with Gasteiger partial charge in [-0.1, -0.05) is 0 Å². The van der Waals surface area contributed by atoms with Crippen LogP contribution >= 0.6 is 0 Å². The van der Waals surface area contributed by atoms with E-state index in [0.29, 0.717) is 0 Å². The third-order valence-electron chi connectivity index (χ3n) is 9.40. The topological polar surface area (TPSA) is 345 Å². The lowest BCUT2D eigenvalue weighted by Crippen LogP contribution is -2.70. The van der Waals surface area contributed by atoms with Crippen LogP contribution in [0, 0.1) is 0 Å². The summed E-state index contributed by atoms with van der Waals surface area (Å²) in [5, 5.41) is 110. The van der Waals surface area contributed by atoms with Gasteiger partial charge in [-0.3, -0.25) is 14.4 Å². The Morgan fingerprint density at radius 3 is 1.26 bits per heavy atom. The molecule has 3 amide bonds. The second kappa shape index (κ2) is 20.6. The molecule has 18 atom stereocenters. The van der Waals surface area contributed by atoms with E-state index in [4.69, 9.17) is 43.7 Å². The molecule has 0 aromatic carbocycles. The quantitative estimate of drug-likeness (QED) is 0.0653. The minimum Gasteiger partial charge on any atom is -0.396 e. The molecule has 0 aromatic heterocycles. The Labute approximate surface area is 304 Å². The zero-order valence-electron chi connectivity index (χ0n) is 29.8. The van der Waals surface area contributed by atoms with Gasteiger partial charge in [0.15, 0.2) is 18.9 Å². The molecule has 3 saturated heterocycles. The first-order valence-corrected chi connectivity index (χ1v) is 17.3. The van der Waals surface area contributed by atoms with Gasteiger partial charge in [0, 0.05) is 46.2 Å². The van der Waals surface area contributed by atoms with Crippen molar-refractivity contribution in [3.63, 3.8) is 0 Å². The van der Waals surface area contributed by atoms with E-state index in [1.807, 2.05) is 0 Å². The van der Waals surface area contributed by atoms with Gasteiger partial charge < -0.3 is 95.4 Å². The summed E-state index contributed by atoms with van der Waals surface area (Å²) in [6, 6.07) is -3.78.